The number of carbonyl (C=O) groups is 1. The Morgan fingerprint density at radius 1 is 0.886 bits per heavy atom. The highest BCUT2D eigenvalue weighted by Gasteiger charge is 2.47. The number of benzene rings is 3. The first-order chi connectivity index (χ1) is 17.2. The zero-order valence-electron chi connectivity index (χ0n) is 20.2. The van der Waals surface area contributed by atoms with E-state index in [0.717, 1.165) is 60.4 Å². The Morgan fingerprint density at radius 2 is 1.51 bits per heavy atom. The number of anilines is 1. The van der Waals surface area contributed by atoms with Crippen LogP contribution in [0.2, 0.25) is 0 Å². The van der Waals surface area contributed by atoms with Crippen LogP contribution in [-0.4, -0.2) is 49.3 Å². The maximum absolute atomic E-state index is 13.5. The number of ether oxygens (including phenoxy) is 2. The molecule has 3 aromatic rings. The predicted octanol–water partition coefficient (Wildman–Crippen LogP) is 5.46. The normalized spacial score (nSPS) is 23.9. The van der Waals surface area contributed by atoms with Crippen LogP contribution in [0.25, 0.3) is 0 Å². The summed E-state index contributed by atoms with van der Waals surface area (Å²) in [7, 11) is 0. The lowest BCUT2D eigenvalue weighted by atomic mass is 9.83. The maximum Gasteiger partial charge on any atom is 0.333 e. The highest BCUT2D eigenvalue weighted by molar-refractivity contribution is 5.81. The molecule has 6 rings (SSSR count). The predicted molar refractivity (Wildman–Crippen MR) is 138 cm³/mol. The molecule has 0 spiro atoms. The monoisotopic (exact) mass is 471 g/mol. The molecule has 3 saturated heterocycles. The topological polar surface area (TPSA) is 47.6 Å². The van der Waals surface area contributed by atoms with Gasteiger partial charge in [-0.2, -0.15) is 0 Å². The standard InChI is InChI=1S/C30H35N2O3/c33-30(29(25-11-4-1-5-12-25)31-26-13-6-2-7-14-26)35-28-23-32(20-17-24(28)18-21-32)19-10-22-34-27-15-8-3-9-16-27/h1-9,11-16,24,28-29,31H,10,17-23H2/q+1. The molecule has 35 heavy (non-hydrogen) atoms. The molecule has 5 heteroatoms. The van der Waals surface area contributed by atoms with Gasteiger partial charge in [-0.05, 0) is 29.8 Å². The summed E-state index contributed by atoms with van der Waals surface area (Å²) in [5.41, 5.74) is 1.83. The molecule has 5 nitrogen and oxygen atoms in total. The summed E-state index contributed by atoms with van der Waals surface area (Å²) >= 11 is 0. The number of quaternary nitrogens is 1. The van der Waals surface area contributed by atoms with Gasteiger partial charge in [-0.15, -0.1) is 0 Å². The van der Waals surface area contributed by atoms with Crippen LogP contribution in [0.15, 0.2) is 91.0 Å². The number of rotatable bonds is 10. The van der Waals surface area contributed by atoms with Gasteiger partial charge in [0.25, 0.3) is 0 Å². The molecule has 3 aromatic carbocycles. The first kappa shape index (κ1) is 23.4. The highest BCUT2D eigenvalue weighted by atomic mass is 16.5. The van der Waals surface area contributed by atoms with Crippen molar-refractivity contribution in [2.75, 3.05) is 38.1 Å². The second-order valence-corrected chi connectivity index (χ2v) is 9.88. The van der Waals surface area contributed by atoms with Gasteiger partial charge in [0.1, 0.15) is 12.3 Å². The summed E-state index contributed by atoms with van der Waals surface area (Å²) in [5.74, 6) is 1.20. The van der Waals surface area contributed by atoms with Crippen LogP contribution in [0.1, 0.15) is 30.9 Å². The first-order valence-corrected chi connectivity index (χ1v) is 12.8. The smallest absolute Gasteiger partial charge is 0.333 e. The van der Waals surface area contributed by atoms with E-state index < -0.39 is 6.04 Å². The molecule has 0 aromatic heterocycles. The van der Waals surface area contributed by atoms with E-state index in [-0.39, 0.29) is 12.1 Å². The Balaban J connectivity index is 1.21. The van der Waals surface area contributed by atoms with E-state index in [9.17, 15) is 4.79 Å². The molecular formula is C30H35N2O3+. The van der Waals surface area contributed by atoms with Crippen LogP contribution in [-0.2, 0) is 9.53 Å². The second-order valence-electron chi connectivity index (χ2n) is 9.88. The van der Waals surface area contributed by atoms with E-state index in [1.165, 1.54) is 13.1 Å². The van der Waals surface area contributed by atoms with Crippen LogP contribution >= 0.6 is 0 Å². The van der Waals surface area contributed by atoms with Crippen LogP contribution in [0, 0.1) is 5.92 Å². The minimum Gasteiger partial charge on any atom is -0.493 e. The first-order valence-electron chi connectivity index (χ1n) is 12.8. The van der Waals surface area contributed by atoms with Gasteiger partial charge in [-0.3, -0.25) is 0 Å². The van der Waals surface area contributed by atoms with E-state index in [4.69, 9.17) is 9.47 Å². The van der Waals surface area contributed by atoms with Crippen molar-refractivity contribution in [2.45, 2.75) is 31.4 Å². The molecule has 2 unspecified atom stereocenters. The van der Waals surface area contributed by atoms with Gasteiger partial charge in [0, 0.05) is 30.9 Å². The number of esters is 1. The molecular weight excluding hydrogens is 436 g/mol. The van der Waals surface area contributed by atoms with Crippen molar-refractivity contribution < 1.29 is 18.8 Å². The van der Waals surface area contributed by atoms with Gasteiger partial charge in [-0.1, -0.05) is 66.7 Å². The Morgan fingerprint density at radius 3 is 2.20 bits per heavy atom. The highest BCUT2D eigenvalue weighted by Crippen LogP contribution is 2.36. The number of para-hydroxylation sites is 2. The van der Waals surface area contributed by atoms with Crippen molar-refractivity contribution in [1.82, 2.24) is 0 Å². The molecule has 0 radical (unpaired) electrons. The van der Waals surface area contributed by atoms with Crippen molar-refractivity contribution in [1.29, 1.82) is 0 Å². The largest absolute Gasteiger partial charge is 0.493 e. The molecule has 3 aliphatic heterocycles. The van der Waals surface area contributed by atoms with E-state index in [0.29, 0.717) is 5.92 Å². The van der Waals surface area contributed by atoms with Crippen LogP contribution in [0.5, 0.6) is 5.75 Å². The fourth-order valence-corrected chi connectivity index (χ4v) is 5.62. The summed E-state index contributed by atoms with van der Waals surface area (Å²) in [6.45, 7) is 5.05. The Bertz CT molecular complexity index is 1070. The minimum atomic E-state index is -0.526. The molecule has 3 aliphatic rings. The second kappa shape index (κ2) is 11.0. The molecule has 2 bridgehead atoms. The number of piperidine rings is 3. The summed E-state index contributed by atoms with van der Waals surface area (Å²) in [5, 5.41) is 3.40. The molecule has 0 aliphatic carbocycles. The minimum absolute atomic E-state index is 0.0242. The quantitative estimate of drug-likeness (QED) is 0.242. The number of carbonyl (C=O) groups excluding carboxylic acids is 1. The third-order valence-electron chi connectivity index (χ3n) is 7.55. The fraction of sp³-hybridized carbons (Fsp3) is 0.367. The number of nitrogens with one attached hydrogen (secondary N) is 1. The maximum atomic E-state index is 13.5. The van der Waals surface area contributed by atoms with Crippen molar-refractivity contribution in [3.05, 3.63) is 96.6 Å². The zero-order valence-corrected chi connectivity index (χ0v) is 20.2. The Hall–Kier alpha value is -3.31. The third kappa shape index (κ3) is 5.85. The number of nitrogens with zero attached hydrogens (tertiary/aromatic N) is 1. The van der Waals surface area contributed by atoms with Gasteiger partial charge in [-0.25, -0.2) is 4.79 Å². The van der Waals surface area contributed by atoms with Gasteiger partial charge in [0.05, 0.1) is 26.2 Å². The molecule has 1 N–H and O–H groups in total. The van der Waals surface area contributed by atoms with Crippen LogP contribution in [0.3, 0.4) is 0 Å². The van der Waals surface area contributed by atoms with E-state index >= 15 is 0 Å². The number of fused-ring (bicyclic) bond motifs is 3. The van der Waals surface area contributed by atoms with Crippen molar-refractivity contribution in [3.8, 4) is 5.75 Å². The fourth-order valence-electron chi connectivity index (χ4n) is 5.62. The van der Waals surface area contributed by atoms with E-state index in [2.05, 4.69) is 5.32 Å². The van der Waals surface area contributed by atoms with E-state index in [1.807, 2.05) is 91.0 Å². The molecule has 0 saturated carbocycles. The summed E-state index contributed by atoms with van der Waals surface area (Å²) in [6, 6.07) is 29.2. The zero-order chi connectivity index (χ0) is 23.9. The number of hydrogen-bond acceptors (Lipinski definition) is 4. The van der Waals surface area contributed by atoms with Crippen molar-refractivity contribution in [3.63, 3.8) is 0 Å². The summed E-state index contributed by atoms with van der Waals surface area (Å²) < 4.78 is 13.2. The van der Waals surface area contributed by atoms with E-state index in [1.54, 1.807) is 0 Å². The third-order valence-corrected chi connectivity index (χ3v) is 7.55. The average Bonchev–Trinajstić information content (AvgIpc) is 2.92. The summed E-state index contributed by atoms with van der Waals surface area (Å²) in [4.78, 5) is 13.5. The molecule has 182 valence electrons. The van der Waals surface area contributed by atoms with Crippen molar-refractivity contribution >= 4 is 11.7 Å². The molecule has 2 atom stereocenters. The Kier molecular flexibility index (Phi) is 7.34. The van der Waals surface area contributed by atoms with Gasteiger partial charge in [0.15, 0.2) is 12.1 Å². The molecule has 0 amide bonds. The van der Waals surface area contributed by atoms with Crippen molar-refractivity contribution in [2.24, 2.45) is 5.92 Å². The van der Waals surface area contributed by atoms with Gasteiger partial charge < -0.3 is 19.3 Å². The summed E-state index contributed by atoms with van der Waals surface area (Å²) in [6.07, 6.45) is 3.23. The molecule has 3 heterocycles. The van der Waals surface area contributed by atoms with Crippen LogP contribution < -0.4 is 10.1 Å². The SMILES string of the molecule is O=C(OC1C[N+]2(CCCOc3ccccc3)CCC1CC2)C(Nc1ccccc1)c1ccccc1. The lowest BCUT2D eigenvalue weighted by Crippen LogP contribution is -2.64. The van der Waals surface area contributed by atoms with Gasteiger partial charge >= 0.3 is 5.97 Å². The average molecular weight is 472 g/mol. The lowest BCUT2D eigenvalue weighted by Gasteiger charge is -2.52. The molecule has 3 fully saturated rings. The van der Waals surface area contributed by atoms with Gasteiger partial charge in [0.2, 0.25) is 0 Å². The van der Waals surface area contributed by atoms with Crippen LogP contribution in [0.4, 0.5) is 5.69 Å². The lowest BCUT2D eigenvalue weighted by molar-refractivity contribution is -0.946. The number of hydrogen-bond donors (Lipinski definition) is 1. The Labute approximate surface area is 208 Å².